The highest BCUT2D eigenvalue weighted by Gasteiger charge is 2.48. The molecule has 0 spiro atoms. The van der Waals surface area contributed by atoms with Crippen LogP contribution >= 0.6 is 23.2 Å². The molecule has 2 aliphatic heterocycles. The molecule has 1 aromatic heterocycles. The summed E-state index contributed by atoms with van der Waals surface area (Å²) >= 11 is 12.1. The Balaban J connectivity index is 1.43. The lowest BCUT2D eigenvalue weighted by molar-refractivity contribution is -0.156. The number of fused-ring (bicyclic) bond motifs is 3. The second-order valence-electron chi connectivity index (χ2n) is 11.8. The highest BCUT2D eigenvalue weighted by atomic mass is 35.5. The fourth-order valence-electron chi connectivity index (χ4n) is 5.63. The van der Waals surface area contributed by atoms with Gasteiger partial charge in [-0.05, 0) is 54.7 Å². The van der Waals surface area contributed by atoms with Crippen molar-refractivity contribution in [1.82, 2.24) is 15.2 Å². The molecule has 1 unspecified atom stereocenters. The van der Waals surface area contributed by atoms with E-state index < -0.39 is 29.9 Å². The average Bonchev–Trinajstić information content (AvgIpc) is 2.88. The molecular formula is C29H34Cl2N4O5. The van der Waals surface area contributed by atoms with Gasteiger partial charge in [0, 0.05) is 37.0 Å². The van der Waals surface area contributed by atoms with Gasteiger partial charge in [-0.1, -0.05) is 56.1 Å². The largest absolute Gasteiger partial charge is 0.480 e. The van der Waals surface area contributed by atoms with E-state index in [4.69, 9.17) is 23.2 Å². The van der Waals surface area contributed by atoms with Gasteiger partial charge in [0.25, 0.3) is 5.91 Å². The minimum atomic E-state index is -1.18. The van der Waals surface area contributed by atoms with E-state index in [0.29, 0.717) is 17.7 Å². The molecule has 9 nitrogen and oxygen atoms in total. The van der Waals surface area contributed by atoms with Crippen molar-refractivity contribution >= 4 is 52.6 Å². The number of amides is 3. The summed E-state index contributed by atoms with van der Waals surface area (Å²) < 4.78 is 0. The smallest absolute Gasteiger partial charge is 0.326 e. The Kier molecular flexibility index (Phi) is 9.05. The molecule has 1 aromatic carbocycles. The van der Waals surface area contributed by atoms with Gasteiger partial charge < -0.3 is 20.6 Å². The van der Waals surface area contributed by atoms with Crippen molar-refractivity contribution in [3.8, 4) is 0 Å². The van der Waals surface area contributed by atoms with Gasteiger partial charge in [-0.3, -0.25) is 19.4 Å². The molecule has 1 saturated carbocycles. The van der Waals surface area contributed by atoms with Crippen LogP contribution in [0.2, 0.25) is 10.0 Å². The lowest BCUT2D eigenvalue weighted by atomic mass is 9.73. The van der Waals surface area contributed by atoms with Crippen LogP contribution in [-0.2, 0) is 20.8 Å². The number of nitrogens with one attached hydrogen (secondary N) is 2. The fourth-order valence-corrected chi connectivity index (χ4v) is 6.17. The third-order valence-electron chi connectivity index (χ3n) is 7.47. The predicted molar refractivity (Wildman–Crippen MR) is 152 cm³/mol. The zero-order valence-corrected chi connectivity index (χ0v) is 24.3. The van der Waals surface area contributed by atoms with Crippen molar-refractivity contribution < 1.29 is 24.3 Å². The number of nitrogens with zero attached hydrogens (tertiary/aromatic N) is 2. The van der Waals surface area contributed by atoms with E-state index in [1.807, 2.05) is 20.8 Å². The number of carbonyl (C=O) groups excluding carboxylic acids is 3. The van der Waals surface area contributed by atoms with E-state index in [1.165, 1.54) is 12.4 Å². The summed E-state index contributed by atoms with van der Waals surface area (Å²) in [5.74, 6) is -2.12. The van der Waals surface area contributed by atoms with Crippen LogP contribution in [-0.4, -0.2) is 56.8 Å². The molecule has 40 heavy (non-hydrogen) atoms. The van der Waals surface area contributed by atoms with Crippen LogP contribution in [0.3, 0.4) is 0 Å². The summed E-state index contributed by atoms with van der Waals surface area (Å²) in [6.45, 7) is 5.97. The van der Waals surface area contributed by atoms with Gasteiger partial charge >= 0.3 is 5.97 Å². The second-order valence-corrected chi connectivity index (χ2v) is 12.6. The summed E-state index contributed by atoms with van der Waals surface area (Å²) in [6.07, 6.45) is 6.45. The van der Waals surface area contributed by atoms with Crippen molar-refractivity contribution in [2.45, 2.75) is 77.4 Å². The third-order valence-corrected chi connectivity index (χ3v) is 8.04. The molecular weight excluding hydrogens is 555 g/mol. The molecule has 5 rings (SSSR count). The summed E-state index contributed by atoms with van der Waals surface area (Å²) in [6, 6.07) is 4.78. The van der Waals surface area contributed by atoms with E-state index >= 15 is 0 Å². The molecule has 2 aromatic rings. The van der Waals surface area contributed by atoms with Crippen LogP contribution in [0, 0.1) is 11.3 Å². The monoisotopic (exact) mass is 588 g/mol. The quantitative estimate of drug-likeness (QED) is 0.400. The van der Waals surface area contributed by atoms with E-state index in [1.54, 1.807) is 29.2 Å². The SMILES string of the molecule is CC(C)(C)CC(=O)N1C2CCC(CC2)C1C(=O)N[C@@H](Cc1ccc(NC(=O)c2c(Cl)cncc2Cl)cc1)C(=O)O. The number of benzene rings is 1. The first-order valence-electron chi connectivity index (χ1n) is 13.4. The first-order valence-corrected chi connectivity index (χ1v) is 14.1. The molecule has 2 atom stereocenters. The van der Waals surface area contributed by atoms with Crippen LogP contribution in [0.4, 0.5) is 5.69 Å². The molecule has 214 valence electrons. The molecule has 3 amide bonds. The Bertz CT molecular complexity index is 1270. The van der Waals surface area contributed by atoms with E-state index in [0.717, 1.165) is 25.7 Å². The summed E-state index contributed by atoms with van der Waals surface area (Å²) in [7, 11) is 0. The average molecular weight is 590 g/mol. The Morgan fingerprint density at radius 1 is 1.02 bits per heavy atom. The summed E-state index contributed by atoms with van der Waals surface area (Å²) in [5, 5.41) is 15.6. The Morgan fingerprint density at radius 2 is 1.62 bits per heavy atom. The number of hydrogen-bond acceptors (Lipinski definition) is 5. The first-order chi connectivity index (χ1) is 18.8. The first kappa shape index (κ1) is 29.8. The van der Waals surface area contributed by atoms with Crippen LogP contribution in [0.5, 0.6) is 0 Å². The van der Waals surface area contributed by atoms with Crippen molar-refractivity contribution in [3.05, 3.63) is 57.8 Å². The van der Waals surface area contributed by atoms with E-state index in [-0.39, 0.29) is 45.3 Å². The van der Waals surface area contributed by atoms with Crippen LogP contribution < -0.4 is 10.6 Å². The molecule has 0 radical (unpaired) electrons. The number of aliphatic carboxylic acids is 1. The number of carbonyl (C=O) groups is 4. The topological polar surface area (TPSA) is 129 Å². The molecule has 3 fully saturated rings. The molecule has 1 aliphatic carbocycles. The number of pyridine rings is 1. The highest BCUT2D eigenvalue weighted by molar-refractivity contribution is 6.40. The van der Waals surface area contributed by atoms with Gasteiger partial charge in [-0.2, -0.15) is 0 Å². The van der Waals surface area contributed by atoms with Crippen molar-refractivity contribution in [2.24, 2.45) is 11.3 Å². The standard InChI is InChI=1S/C29H34Cl2N4O5/c1-29(2,3)13-23(36)35-19-10-6-17(7-11-19)25(35)27(38)34-22(28(39)40)12-16-4-8-18(9-5-16)33-26(37)24-20(30)14-32-15-21(24)31/h4-5,8-9,14-15,17,19,22,25H,6-7,10-13H2,1-3H3,(H,33,37)(H,34,38)(H,39,40)/t17?,19?,22-,25?/m0/s1. The van der Waals surface area contributed by atoms with Gasteiger partial charge in [0.15, 0.2) is 0 Å². The predicted octanol–water partition coefficient (Wildman–Crippen LogP) is 4.96. The zero-order valence-electron chi connectivity index (χ0n) is 22.7. The molecule has 3 heterocycles. The highest BCUT2D eigenvalue weighted by Crippen LogP contribution is 2.41. The van der Waals surface area contributed by atoms with Crippen molar-refractivity contribution in [3.63, 3.8) is 0 Å². The van der Waals surface area contributed by atoms with Gasteiger partial charge in [-0.25, -0.2) is 4.79 Å². The fraction of sp³-hybridized carbons (Fsp3) is 0.483. The van der Waals surface area contributed by atoms with Crippen LogP contribution in [0.25, 0.3) is 0 Å². The maximum atomic E-state index is 13.5. The molecule has 2 bridgehead atoms. The van der Waals surface area contributed by atoms with Crippen LogP contribution in [0.1, 0.15) is 68.8 Å². The van der Waals surface area contributed by atoms with E-state index in [9.17, 15) is 24.3 Å². The molecule has 3 aliphatic rings. The summed E-state index contributed by atoms with van der Waals surface area (Å²) in [5.41, 5.74) is 0.986. The van der Waals surface area contributed by atoms with Gasteiger partial charge in [-0.15, -0.1) is 0 Å². The Hall–Kier alpha value is -3.17. The number of piperidine rings is 2. The minimum Gasteiger partial charge on any atom is -0.480 e. The lowest BCUT2D eigenvalue weighted by Crippen LogP contribution is -2.64. The van der Waals surface area contributed by atoms with E-state index in [2.05, 4.69) is 15.6 Å². The maximum absolute atomic E-state index is 13.5. The Labute approximate surface area is 243 Å². The minimum absolute atomic E-state index is 0.0125. The summed E-state index contributed by atoms with van der Waals surface area (Å²) in [4.78, 5) is 57.1. The van der Waals surface area contributed by atoms with Crippen LogP contribution in [0.15, 0.2) is 36.7 Å². The molecule has 3 N–H and O–H groups in total. The normalized spacial score (nSPS) is 21.0. The zero-order chi connectivity index (χ0) is 29.2. The van der Waals surface area contributed by atoms with Gasteiger partial charge in [0.2, 0.25) is 11.8 Å². The number of halogens is 2. The molecule has 11 heteroatoms. The number of aromatic nitrogens is 1. The second kappa shape index (κ2) is 12.1. The number of carboxylic acid groups (broad SMARTS) is 1. The third kappa shape index (κ3) is 6.93. The number of anilines is 1. The van der Waals surface area contributed by atoms with Crippen molar-refractivity contribution in [1.29, 1.82) is 0 Å². The number of rotatable bonds is 8. The Morgan fingerprint density at radius 3 is 2.17 bits per heavy atom. The van der Waals surface area contributed by atoms with Gasteiger partial charge in [0.05, 0.1) is 15.6 Å². The lowest BCUT2D eigenvalue weighted by Gasteiger charge is -2.51. The maximum Gasteiger partial charge on any atom is 0.326 e. The van der Waals surface area contributed by atoms with Gasteiger partial charge in [0.1, 0.15) is 12.1 Å². The molecule has 2 saturated heterocycles. The van der Waals surface area contributed by atoms with Crippen molar-refractivity contribution in [2.75, 3.05) is 5.32 Å². The number of hydrogen-bond donors (Lipinski definition) is 3. The number of carboxylic acids is 1.